The van der Waals surface area contributed by atoms with E-state index in [2.05, 4.69) is 4.74 Å². The van der Waals surface area contributed by atoms with Crippen molar-refractivity contribution in [2.45, 2.75) is 17.0 Å². The van der Waals surface area contributed by atoms with Crippen LogP contribution in [0.4, 0.5) is 17.6 Å². The number of sulfone groups is 1. The van der Waals surface area contributed by atoms with Crippen molar-refractivity contribution in [2.24, 2.45) is 0 Å². The Kier molecular flexibility index (Phi) is 4.86. The van der Waals surface area contributed by atoms with Crippen LogP contribution in [0.2, 0.25) is 5.02 Å². The minimum atomic E-state index is -5.03. The molecule has 0 saturated carbocycles. The van der Waals surface area contributed by atoms with Crippen LogP contribution in [0.3, 0.4) is 0 Å². The second kappa shape index (κ2) is 6.37. The van der Waals surface area contributed by atoms with Gasteiger partial charge in [0.25, 0.3) is 0 Å². The summed E-state index contributed by atoms with van der Waals surface area (Å²) < 4.78 is 78.5. The van der Waals surface area contributed by atoms with Gasteiger partial charge in [0.05, 0.1) is 5.75 Å². The molecule has 3 nitrogen and oxygen atoms in total. The zero-order valence-corrected chi connectivity index (χ0v) is 12.8. The van der Waals surface area contributed by atoms with Gasteiger partial charge in [0, 0.05) is 5.02 Å². The van der Waals surface area contributed by atoms with Gasteiger partial charge >= 0.3 is 6.36 Å². The second-order valence-electron chi connectivity index (χ2n) is 4.49. The van der Waals surface area contributed by atoms with Gasteiger partial charge in [-0.15, -0.1) is 13.2 Å². The number of hydrogen-bond donors (Lipinski definition) is 0. The molecule has 23 heavy (non-hydrogen) atoms. The Hall–Kier alpha value is -1.80. The van der Waals surface area contributed by atoms with Gasteiger partial charge in [-0.2, -0.15) is 0 Å². The predicted octanol–water partition coefficient (Wildman–Crippen LogP) is 4.35. The summed E-state index contributed by atoms with van der Waals surface area (Å²) in [5.41, 5.74) is 0.0647. The summed E-state index contributed by atoms with van der Waals surface area (Å²) in [5, 5.41) is -0.136. The molecule has 124 valence electrons. The molecule has 9 heteroatoms. The molecule has 0 N–H and O–H groups in total. The Morgan fingerprint density at radius 2 is 1.74 bits per heavy atom. The first kappa shape index (κ1) is 17.6. The minimum absolute atomic E-state index is 0.0647. The molecule has 2 aromatic carbocycles. The Balaban J connectivity index is 2.40. The maximum absolute atomic E-state index is 13.0. The molecule has 2 rings (SSSR count). The topological polar surface area (TPSA) is 43.4 Å². The van der Waals surface area contributed by atoms with Gasteiger partial charge < -0.3 is 4.74 Å². The molecule has 0 heterocycles. The van der Waals surface area contributed by atoms with Gasteiger partial charge in [-0.25, -0.2) is 12.8 Å². The fourth-order valence-corrected chi connectivity index (χ4v) is 3.67. The largest absolute Gasteiger partial charge is 0.573 e. The van der Waals surface area contributed by atoms with Gasteiger partial charge in [0.1, 0.15) is 16.5 Å². The summed E-state index contributed by atoms with van der Waals surface area (Å²) in [6.45, 7) is 0. The lowest BCUT2D eigenvalue weighted by Crippen LogP contribution is -2.19. The van der Waals surface area contributed by atoms with Crippen molar-refractivity contribution in [3.63, 3.8) is 0 Å². The zero-order chi connectivity index (χ0) is 17.3. The van der Waals surface area contributed by atoms with E-state index < -0.39 is 38.4 Å². The third-order valence-electron chi connectivity index (χ3n) is 2.77. The lowest BCUT2D eigenvalue weighted by Gasteiger charge is -2.13. The third kappa shape index (κ3) is 4.59. The highest BCUT2D eigenvalue weighted by Gasteiger charge is 2.34. The Labute approximate surface area is 134 Å². The number of rotatable bonds is 4. The third-order valence-corrected chi connectivity index (χ3v) is 4.82. The number of ether oxygens (including phenoxy) is 1. The van der Waals surface area contributed by atoms with Crippen molar-refractivity contribution in [1.82, 2.24) is 0 Å². The molecule has 0 aromatic heterocycles. The van der Waals surface area contributed by atoms with Gasteiger partial charge in [0.2, 0.25) is 0 Å². The van der Waals surface area contributed by atoms with Gasteiger partial charge in [0.15, 0.2) is 9.84 Å². The van der Waals surface area contributed by atoms with Crippen molar-refractivity contribution < 1.29 is 30.7 Å². The first-order valence-electron chi connectivity index (χ1n) is 6.10. The normalized spacial score (nSPS) is 12.2. The van der Waals surface area contributed by atoms with E-state index in [1.54, 1.807) is 0 Å². The summed E-state index contributed by atoms with van der Waals surface area (Å²) in [7, 11) is -4.18. The van der Waals surface area contributed by atoms with Crippen LogP contribution in [0.15, 0.2) is 47.4 Å². The molecule has 0 bridgehead atoms. The average molecular weight is 369 g/mol. The number of hydrogen-bond acceptors (Lipinski definition) is 3. The quantitative estimate of drug-likeness (QED) is 0.753. The van der Waals surface area contributed by atoms with Crippen LogP contribution in [0.25, 0.3) is 0 Å². The van der Waals surface area contributed by atoms with E-state index in [1.165, 1.54) is 12.1 Å². The van der Waals surface area contributed by atoms with Crippen LogP contribution >= 0.6 is 11.6 Å². The van der Waals surface area contributed by atoms with Gasteiger partial charge in [-0.1, -0.05) is 29.8 Å². The van der Waals surface area contributed by atoms with Crippen LogP contribution in [0, 0.1) is 5.82 Å². The maximum atomic E-state index is 13.0. The molecule has 0 fully saturated rings. The van der Waals surface area contributed by atoms with Crippen LogP contribution in [-0.4, -0.2) is 14.8 Å². The van der Waals surface area contributed by atoms with Crippen molar-refractivity contribution >= 4 is 21.4 Å². The van der Waals surface area contributed by atoms with E-state index in [0.717, 1.165) is 30.3 Å². The summed E-state index contributed by atoms with van der Waals surface area (Å²) in [6, 6.07) is 7.45. The van der Waals surface area contributed by atoms with Crippen molar-refractivity contribution in [3.8, 4) is 5.75 Å². The standard InChI is InChI=1S/C14H9ClF4O3S/c15-11-7-10(16)6-5-9(11)8-23(20,21)13-4-2-1-3-12(13)22-14(17,18)19/h1-7H,8H2. The molecule has 0 unspecified atom stereocenters. The van der Waals surface area contributed by atoms with E-state index in [1.807, 2.05) is 0 Å². The highest BCUT2D eigenvalue weighted by molar-refractivity contribution is 7.90. The smallest absolute Gasteiger partial charge is 0.404 e. The van der Waals surface area contributed by atoms with Crippen LogP contribution in [-0.2, 0) is 15.6 Å². The van der Waals surface area contributed by atoms with E-state index in [-0.39, 0.29) is 10.6 Å². The first-order chi connectivity index (χ1) is 10.6. The van der Waals surface area contributed by atoms with Gasteiger partial charge in [-0.3, -0.25) is 0 Å². The fourth-order valence-electron chi connectivity index (χ4n) is 1.84. The SMILES string of the molecule is O=S(=O)(Cc1ccc(F)cc1Cl)c1ccccc1OC(F)(F)F. The van der Waals surface area contributed by atoms with E-state index >= 15 is 0 Å². The molecule has 0 radical (unpaired) electrons. The van der Waals surface area contributed by atoms with E-state index in [9.17, 15) is 26.0 Å². The van der Waals surface area contributed by atoms with Gasteiger partial charge in [-0.05, 0) is 29.8 Å². The molecule has 0 aliphatic heterocycles. The molecule has 0 aliphatic carbocycles. The Morgan fingerprint density at radius 1 is 1.09 bits per heavy atom. The molecule has 0 atom stereocenters. The number of para-hydroxylation sites is 1. The summed E-state index contributed by atoms with van der Waals surface area (Å²) in [5.74, 6) is -2.18. The number of halogens is 5. The molecule has 0 amide bonds. The van der Waals surface area contributed by atoms with Crippen molar-refractivity contribution in [1.29, 1.82) is 0 Å². The highest BCUT2D eigenvalue weighted by Crippen LogP contribution is 2.32. The number of benzene rings is 2. The van der Waals surface area contributed by atoms with Crippen molar-refractivity contribution in [2.75, 3.05) is 0 Å². The van der Waals surface area contributed by atoms with Crippen LogP contribution in [0.5, 0.6) is 5.75 Å². The predicted molar refractivity (Wildman–Crippen MR) is 75.4 cm³/mol. The second-order valence-corrected chi connectivity index (χ2v) is 6.85. The summed E-state index contributed by atoms with van der Waals surface area (Å²) in [4.78, 5) is -0.627. The van der Waals surface area contributed by atoms with E-state index in [4.69, 9.17) is 11.6 Å². The lowest BCUT2D eigenvalue weighted by molar-refractivity contribution is -0.275. The molecular weight excluding hydrogens is 360 g/mol. The molecule has 0 aliphatic rings. The maximum Gasteiger partial charge on any atom is 0.573 e. The Bertz CT molecular complexity index is 819. The van der Waals surface area contributed by atoms with Crippen LogP contribution in [0.1, 0.15) is 5.56 Å². The molecule has 0 spiro atoms. The monoisotopic (exact) mass is 368 g/mol. The highest BCUT2D eigenvalue weighted by atomic mass is 35.5. The average Bonchev–Trinajstić information content (AvgIpc) is 2.40. The van der Waals surface area contributed by atoms with E-state index in [0.29, 0.717) is 0 Å². The fraction of sp³-hybridized carbons (Fsp3) is 0.143. The minimum Gasteiger partial charge on any atom is -0.404 e. The molecular formula is C14H9ClF4O3S. The lowest BCUT2D eigenvalue weighted by atomic mass is 10.2. The summed E-state index contributed by atoms with van der Waals surface area (Å²) in [6.07, 6.45) is -5.03. The summed E-state index contributed by atoms with van der Waals surface area (Å²) >= 11 is 5.75. The van der Waals surface area contributed by atoms with Crippen LogP contribution < -0.4 is 4.74 Å². The molecule has 0 saturated heterocycles. The number of alkyl halides is 3. The first-order valence-corrected chi connectivity index (χ1v) is 8.13. The zero-order valence-electron chi connectivity index (χ0n) is 11.3. The molecule has 2 aromatic rings. The Morgan fingerprint density at radius 3 is 2.35 bits per heavy atom. The van der Waals surface area contributed by atoms with Crippen molar-refractivity contribution in [3.05, 3.63) is 58.9 Å².